The van der Waals surface area contributed by atoms with Gasteiger partial charge >= 0.3 is 0 Å². The molecule has 2 aromatic carbocycles. The van der Waals surface area contributed by atoms with E-state index in [4.69, 9.17) is 9.47 Å². The average Bonchev–Trinajstić information content (AvgIpc) is 2.59. The van der Waals surface area contributed by atoms with Crippen molar-refractivity contribution in [3.05, 3.63) is 66.2 Å². The van der Waals surface area contributed by atoms with Gasteiger partial charge < -0.3 is 9.47 Å². The van der Waals surface area contributed by atoms with Crippen LogP contribution in [0.25, 0.3) is 0 Å². The molecule has 25 heavy (non-hydrogen) atoms. The minimum Gasteiger partial charge on any atom is -0.475 e. The lowest BCUT2D eigenvalue weighted by atomic mass is 9.76. The number of amides is 1. The molecule has 0 bridgehead atoms. The van der Waals surface area contributed by atoms with Crippen LogP contribution in [0.2, 0.25) is 0 Å². The smallest absolute Gasteiger partial charge is 0.272 e. The van der Waals surface area contributed by atoms with Gasteiger partial charge in [-0.2, -0.15) is 0 Å². The molecule has 2 aromatic rings. The molecule has 2 aliphatic heterocycles. The monoisotopic (exact) mass is 337 g/mol. The predicted octanol–water partition coefficient (Wildman–Crippen LogP) is 3.72. The zero-order chi connectivity index (χ0) is 17.7. The first-order valence-corrected chi connectivity index (χ1v) is 8.74. The first-order valence-electron chi connectivity index (χ1n) is 8.74. The van der Waals surface area contributed by atoms with E-state index in [-0.39, 0.29) is 17.6 Å². The van der Waals surface area contributed by atoms with E-state index in [9.17, 15) is 4.79 Å². The molecule has 0 spiro atoms. The fourth-order valence-electron chi connectivity index (χ4n) is 4.30. The summed E-state index contributed by atoms with van der Waals surface area (Å²) >= 11 is 0. The molecule has 0 unspecified atom stereocenters. The van der Waals surface area contributed by atoms with Gasteiger partial charge in [0.05, 0.1) is 6.10 Å². The third kappa shape index (κ3) is 2.35. The Hall–Kier alpha value is -2.33. The molecule has 0 radical (unpaired) electrons. The highest BCUT2D eigenvalue weighted by Crippen LogP contribution is 2.53. The second-order valence-electron chi connectivity index (χ2n) is 7.49. The normalized spacial score (nSPS) is 30.4. The summed E-state index contributed by atoms with van der Waals surface area (Å²) in [5.41, 5.74) is -0.216. The molecule has 4 heteroatoms. The van der Waals surface area contributed by atoms with Crippen LogP contribution in [-0.2, 0) is 15.3 Å². The lowest BCUT2D eigenvalue weighted by Crippen LogP contribution is -2.82. The topological polar surface area (TPSA) is 38.8 Å². The van der Waals surface area contributed by atoms with E-state index >= 15 is 0 Å². The van der Waals surface area contributed by atoms with Crippen molar-refractivity contribution in [2.45, 2.75) is 50.7 Å². The number of fused-ring (bicyclic) bond motifs is 1. The molecule has 2 fully saturated rings. The number of β-lactam (4-membered cyclic amide) rings is 1. The van der Waals surface area contributed by atoms with Gasteiger partial charge in [-0.15, -0.1) is 0 Å². The molecule has 4 nitrogen and oxygen atoms in total. The van der Waals surface area contributed by atoms with Crippen LogP contribution in [0.3, 0.4) is 0 Å². The summed E-state index contributed by atoms with van der Waals surface area (Å²) in [5, 5.41) is 0. The van der Waals surface area contributed by atoms with Gasteiger partial charge in [-0.05, 0) is 39.3 Å². The molecule has 1 amide bonds. The summed E-state index contributed by atoms with van der Waals surface area (Å²) in [5.74, 6) is 0.653. The maximum absolute atomic E-state index is 13.0. The summed E-state index contributed by atoms with van der Waals surface area (Å²) in [6.45, 7) is 6.26. The SMILES string of the molecule is C[C@@H]1CC(C)(C)N2C(=O)[C@@H](Oc3ccccc3)[C@@]2(c2ccccc2)O1. The second-order valence-corrected chi connectivity index (χ2v) is 7.49. The maximum atomic E-state index is 13.0. The Kier molecular flexibility index (Phi) is 3.62. The standard InChI is InChI=1S/C21H23NO3/c1-15-14-20(2,3)22-19(23)18(24-17-12-8-5-9-13-17)21(22,25-15)16-10-6-4-7-11-16/h4-13,15,18H,14H2,1-3H3/t15-,18-,21-/m1/s1. The molecule has 0 aromatic heterocycles. The summed E-state index contributed by atoms with van der Waals surface area (Å²) in [6.07, 6.45) is 0.145. The lowest BCUT2D eigenvalue weighted by Gasteiger charge is -2.65. The van der Waals surface area contributed by atoms with Crippen LogP contribution in [0, 0.1) is 0 Å². The average molecular weight is 337 g/mol. The molecule has 2 heterocycles. The molecule has 0 aliphatic carbocycles. The molecule has 4 rings (SSSR count). The maximum Gasteiger partial charge on any atom is 0.272 e. The van der Waals surface area contributed by atoms with Gasteiger partial charge in [-0.25, -0.2) is 0 Å². The first-order chi connectivity index (χ1) is 11.9. The molecule has 2 saturated heterocycles. The van der Waals surface area contributed by atoms with Crippen LogP contribution >= 0.6 is 0 Å². The number of para-hydroxylation sites is 1. The predicted molar refractivity (Wildman–Crippen MR) is 95.1 cm³/mol. The van der Waals surface area contributed by atoms with Gasteiger partial charge in [-0.3, -0.25) is 9.69 Å². The molecule has 0 N–H and O–H groups in total. The third-order valence-corrected chi connectivity index (χ3v) is 5.09. The van der Waals surface area contributed by atoms with Crippen LogP contribution < -0.4 is 4.74 Å². The quantitative estimate of drug-likeness (QED) is 0.801. The zero-order valence-electron chi connectivity index (χ0n) is 14.8. The Labute approximate surface area is 148 Å². The van der Waals surface area contributed by atoms with Gasteiger partial charge in [0.2, 0.25) is 11.8 Å². The van der Waals surface area contributed by atoms with Crippen molar-refractivity contribution in [2.24, 2.45) is 0 Å². The minimum absolute atomic E-state index is 0.0235. The van der Waals surface area contributed by atoms with E-state index < -0.39 is 11.8 Å². The van der Waals surface area contributed by atoms with Crippen molar-refractivity contribution in [3.8, 4) is 5.75 Å². The van der Waals surface area contributed by atoms with Crippen molar-refractivity contribution < 1.29 is 14.3 Å². The van der Waals surface area contributed by atoms with E-state index in [1.54, 1.807) is 0 Å². The Balaban J connectivity index is 1.80. The number of ether oxygens (including phenoxy) is 2. The summed E-state index contributed by atoms with van der Waals surface area (Å²) in [7, 11) is 0. The molecule has 2 aliphatic rings. The number of carbonyl (C=O) groups is 1. The molecular weight excluding hydrogens is 314 g/mol. The lowest BCUT2D eigenvalue weighted by molar-refractivity contribution is -0.326. The molecular formula is C21H23NO3. The fourth-order valence-corrected chi connectivity index (χ4v) is 4.30. The Morgan fingerprint density at radius 3 is 2.28 bits per heavy atom. The van der Waals surface area contributed by atoms with E-state index in [0.717, 1.165) is 12.0 Å². The van der Waals surface area contributed by atoms with Crippen LogP contribution in [0.1, 0.15) is 32.8 Å². The van der Waals surface area contributed by atoms with E-state index in [1.807, 2.05) is 65.6 Å². The van der Waals surface area contributed by atoms with Crippen LogP contribution in [-0.4, -0.2) is 28.6 Å². The van der Waals surface area contributed by atoms with Gasteiger partial charge in [0.25, 0.3) is 5.91 Å². The van der Waals surface area contributed by atoms with Crippen LogP contribution in [0.4, 0.5) is 0 Å². The van der Waals surface area contributed by atoms with Gasteiger partial charge in [0.15, 0.2) is 0 Å². The number of rotatable bonds is 3. The third-order valence-electron chi connectivity index (χ3n) is 5.09. The highest BCUT2D eigenvalue weighted by atomic mass is 16.6. The Morgan fingerprint density at radius 1 is 1.04 bits per heavy atom. The van der Waals surface area contributed by atoms with Crippen molar-refractivity contribution >= 4 is 5.91 Å². The zero-order valence-corrected chi connectivity index (χ0v) is 14.8. The number of hydrogen-bond acceptors (Lipinski definition) is 3. The summed E-state index contributed by atoms with van der Waals surface area (Å²) in [6, 6.07) is 19.4. The number of hydrogen-bond donors (Lipinski definition) is 0. The molecule has 130 valence electrons. The van der Waals surface area contributed by atoms with Crippen molar-refractivity contribution in [2.75, 3.05) is 0 Å². The summed E-state index contributed by atoms with van der Waals surface area (Å²) in [4.78, 5) is 14.9. The van der Waals surface area contributed by atoms with Gasteiger partial charge in [-0.1, -0.05) is 48.5 Å². The highest BCUT2D eigenvalue weighted by Gasteiger charge is 2.70. The number of nitrogens with zero attached hydrogens (tertiary/aromatic N) is 1. The number of carbonyl (C=O) groups excluding carboxylic acids is 1. The van der Waals surface area contributed by atoms with E-state index in [2.05, 4.69) is 20.8 Å². The Morgan fingerprint density at radius 2 is 1.64 bits per heavy atom. The number of benzene rings is 2. The fraction of sp³-hybridized carbons (Fsp3) is 0.381. The summed E-state index contributed by atoms with van der Waals surface area (Å²) < 4.78 is 12.5. The van der Waals surface area contributed by atoms with Crippen molar-refractivity contribution in [1.82, 2.24) is 4.90 Å². The van der Waals surface area contributed by atoms with Crippen molar-refractivity contribution in [3.63, 3.8) is 0 Å². The highest BCUT2D eigenvalue weighted by molar-refractivity contribution is 5.91. The van der Waals surface area contributed by atoms with E-state index in [1.165, 1.54) is 0 Å². The van der Waals surface area contributed by atoms with Gasteiger partial charge in [0, 0.05) is 11.1 Å². The first kappa shape index (κ1) is 16.2. The van der Waals surface area contributed by atoms with E-state index in [0.29, 0.717) is 5.75 Å². The van der Waals surface area contributed by atoms with Gasteiger partial charge in [0.1, 0.15) is 5.75 Å². The Bertz CT molecular complexity index is 774. The minimum atomic E-state index is -0.880. The van der Waals surface area contributed by atoms with Crippen molar-refractivity contribution in [1.29, 1.82) is 0 Å². The van der Waals surface area contributed by atoms with Crippen LogP contribution in [0.5, 0.6) is 5.75 Å². The largest absolute Gasteiger partial charge is 0.475 e. The molecule has 0 saturated carbocycles. The van der Waals surface area contributed by atoms with Crippen LogP contribution in [0.15, 0.2) is 60.7 Å². The molecule has 3 atom stereocenters. The second kappa shape index (κ2) is 5.60.